The van der Waals surface area contributed by atoms with Gasteiger partial charge in [-0.2, -0.15) is 0 Å². The van der Waals surface area contributed by atoms with Gasteiger partial charge in [-0.25, -0.2) is 0 Å². The Hall–Kier alpha value is -1.79. The van der Waals surface area contributed by atoms with Gasteiger partial charge in [0.15, 0.2) is 11.5 Å². The van der Waals surface area contributed by atoms with Gasteiger partial charge in [0.2, 0.25) is 12.7 Å². The average Bonchev–Trinajstić information content (AvgIpc) is 3.18. The Balaban J connectivity index is 1.30. The molecule has 0 aromatic heterocycles. The SMILES string of the molecule is CC(C)[C@H]1CN2C[C@@H](NC(=O)Cc3ccc4c(c3)OCO4)C[C@H]2CO1. The van der Waals surface area contributed by atoms with Crippen molar-refractivity contribution in [1.82, 2.24) is 10.2 Å². The second-order valence-corrected chi connectivity index (χ2v) is 7.59. The molecular formula is C19H26N2O4. The Kier molecular flexibility index (Phi) is 4.56. The molecule has 1 aromatic rings. The number of benzene rings is 1. The fraction of sp³-hybridized carbons (Fsp3) is 0.632. The molecule has 3 aliphatic heterocycles. The molecular weight excluding hydrogens is 320 g/mol. The van der Waals surface area contributed by atoms with Crippen molar-refractivity contribution in [2.24, 2.45) is 5.92 Å². The predicted molar refractivity (Wildman–Crippen MR) is 92.8 cm³/mol. The molecule has 0 saturated carbocycles. The number of carbonyl (C=O) groups excluding carboxylic acids is 1. The van der Waals surface area contributed by atoms with Gasteiger partial charge in [0.25, 0.3) is 0 Å². The zero-order valence-electron chi connectivity index (χ0n) is 14.9. The summed E-state index contributed by atoms with van der Waals surface area (Å²) in [5, 5.41) is 3.19. The van der Waals surface area contributed by atoms with E-state index in [4.69, 9.17) is 14.2 Å². The van der Waals surface area contributed by atoms with E-state index < -0.39 is 0 Å². The van der Waals surface area contributed by atoms with Crippen molar-refractivity contribution in [3.8, 4) is 11.5 Å². The summed E-state index contributed by atoms with van der Waals surface area (Å²) in [5.41, 5.74) is 0.945. The molecule has 6 heteroatoms. The molecule has 3 heterocycles. The Labute approximate surface area is 148 Å². The molecule has 0 radical (unpaired) electrons. The maximum Gasteiger partial charge on any atom is 0.231 e. The lowest BCUT2D eigenvalue weighted by atomic mass is 10.0. The topological polar surface area (TPSA) is 60.0 Å². The third-order valence-corrected chi connectivity index (χ3v) is 5.36. The summed E-state index contributed by atoms with van der Waals surface area (Å²) in [6.45, 7) is 7.32. The first kappa shape index (κ1) is 16.7. The summed E-state index contributed by atoms with van der Waals surface area (Å²) in [5.74, 6) is 2.06. The van der Waals surface area contributed by atoms with Crippen LogP contribution in [0.3, 0.4) is 0 Å². The van der Waals surface area contributed by atoms with Crippen LogP contribution >= 0.6 is 0 Å². The molecule has 136 valence electrons. The van der Waals surface area contributed by atoms with Crippen LogP contribution in [0.15, 0.2) is 18.2 Å². The monoisotopic (exact) mass is 346 g/mol. The number of amides is 1. The minimum atomic E-state index is 0.0602. The number of hydrogen-bond donors (Lipinski definition) is 1. The molecule has 1 aromatic carbocycles. The molecule has 0 aliphatic carbocycles. The number of hydrogen-bond acceptors (Lipinski definition) is 5. The van der Waals surface area contributed by atoms with Crippen LogP contribution in [0.4, 0.5) is 0 Å². The first-order valence-electron chi connectivity index (χ1n) is 9.12. The van der Waals surface area contributed by atoms with Crippen LogP contribution < -0.4 is 14.8 Å². The van der Waals surface area contributed by atoms with Gasteiger partial charge in [0.05, 0.1) is 19.1 Å². The van der Waals surface area contributed by atoms with E-state index in [0.717, 1.165) is 43.2 Å². The van der Waals surface area contributed by atoms with Crippen molar-refractivity contribution in [3.63, 3.8) is 0 Å². The van der Waals surface area contributed by atoms with Crippen molar-refractivity contribution < 1.29 is 19.0 Å². The standard InChI is InChI=1S/C19H26N2O4/c1-12(2)18-9-21-8-14(7-15(21)10-23-18)20-19(22)6-13-3-4-16-17(5-13)25-11-24-16/h3-5,12,14-15,18H,6-11H2,1-2H3,(H,20,22)/t14-,15-,18+/m0/s1. The molecule has 3 aliphatic rings. The van der Waals surface area contributed by atoms with Crippen LogP contribution in [0, 0.1) is 5.92 Å². The fourth-order valence-electron chi connectivity index (χ4n) is 3.92. The maximum atomic E-state index is 12.4. The lowest BCUT2D eigenvalue weighted by molar-refractivity contribution is -0.121. The molecule has 4 rings (SSSR count). The van der Waals surface area contributed by atoms with Gasteiger partial charge < -0.3 is 19.5 Å². The summed E-state index contributed by atoms with van der Waals surface area (Å²) in [6.07, 6.45) is 1.64. The number of rotatable bonds is 4. The van der Waals surface area contributed by atoms with E-state index in [2.05, 4.69) is 24.1 Å². The molecule has 2 fully saturated rings. The van der Waals surface area contributed by atoms with E-state index in [1.807, 2.05) is 18.2 Å². The van der Waals surface area contributed by atoms with Gasteiger partial charge in [0.1, 0.15) is 0 Å². The van der Waals surface area contributed by atoms with Gasteiger partial charge in [-0.3, -0.25) is 9.69 Å². The minimum Gasteiger partial charge on any atom is -0.454 e. The Bertz CT molecular complexity index is 648. The second kappa shape index (κ2) is 6.84. The third-order valence-electron chi connectivity index (χ3n) is 5.36. The smallest absolute Gasteiger partial charge is 0.231 e. The number of fused-ring (bicyclic) bond motifs is 2. The second-order valence-electron chi connectivity index (χ2n) is 7.59. The highest BCUT2D eigenvalue weighted by molar-refractivity contribution is 5.79. The van der Waals surface area contributed by atoms with Gasteiger partial charge in [-0.15, -0.1) is 0 Å². The van der Waals surface area contributed by atoms with Crippen LogP contribution in [0.5, 0.6) is 11.5 Å². The van der Waals surface area contributed by atoms with Crippen molar-refractivity contribution >= 4 is 5.91 Å². The lowest BCUT2D eigenvalue weighted by Gasteiger charge is -2.36. The van der Waals surface area contributed by atoms with E-state index in [-0.39, 0.29) is 18.7 Å². The van der Waals surface area contributed by atoms with E-state index in [1.165, 1.54) is 0 Å². The van der Waals surface area contributed by atoms with E-state index in [0.29, 0.717) is 24.5 Å². The number of morpholine rings is 1. The first-order valence-corrected chi connectivity index (χ1v) is 9.12. The van der Waals surface area contributed by atoms with Gasteiger partial charge >= 0.3 is 0 Å². The largest absolute Gasteiger partial charge is 0.454 e. The van der Waals surface area contributed by atoms with Crippen molar-refractivity contribution in [3.05, 3.63) is 23.8 Å². The molecule has 6 nitrogen and oxygen atoms in total. The summed E-state index contributed by atoms with van der Waals surface area (Å²) in [7, 11) is 0. The normalized spacial score (nSPS) is 28.2. The Morgan fingerprint density at radius 2 is 2.12 bits per heavy atom. The molecule has 1 N–H and O–H groups in total. The summed E-state index contributed by atoms with van der Waals surface area (Å²) in [6, 6.07) is 6.32. The quantitative estimate of drug-likeness (QED) is 0.897. The number of nitrogens with zero attached hydrogens (tertiary/aromatic N) is 1. The molecule has 0 bridgehead atoms. The van der Waals surface area contributed by atoms with Crippen molar-refractivity contribution in [2.75, 3.05) is 26.5 Å². The minimum absolute atomic E-state index is 0.0602. The highest BCUT2D eigenvalue weighted by Gasteiger charge is 2.38. The number of ether oxygens (including phenoxy) is 3. The molecule has 3 atom stereocenters. The first-order chi connectivity index (χ1) is 12.1. The van der Waals surface area contributed by atoms with Crippen LogP contribution in [0.1, 0.15) is 25.8 Å². The fourth-order valence-corrected chi connectivity index (χ4v) is 3.92. The van der Waals surface area contributed by atoms with E-state index >= 15 is 0 Å². The third kappa shape index (κ3) is 3.60. The molecule has 0 spiro atoms. The number of carbonyl (C=O) groups is 1. The summed E-state index contributed by atoms with van der Waals surface area (Å²) in [4.78, 5) is 14.9. The van der Waals surface area contributed by atoms with Gasteiger partial charge in [-0.05, 0) is 30.0 Å². The highest BCUT2D eigenvalue weighted by Crippen LogP contribution is 2.32. The summed E-state index contributed by atoms with van der Waals surface area (Å²) < 4.78 is 16.6. The molecule has 0 unspecified atom stereocenters. The summed E-state index contributed by atoms with van der Waals surface area (Å²) >= 11 is 0. The predicted octanol–water partition coefficient (Wildman–Crippen LogP) is 1.57. The van der Waals surface area contributed by atoms with Gasteiger partial charge in [0, 0.05) is 25.2 Å². The number of nitrogens with one attached hydrogen (secondary N) is 1. The Morgan fingerprint density at radius 3 is 2.96 bits per heavy atom. The Morgan fingerprint density at radius 1 is 1.28 bits per heavy atom. The molecule has 1 amide bonds. The van der Waals surface area contributed by atoms with Crippen molar-refractivity contribution in [1.29, 1.82) is 0 Å². The lowest BCUT2D eigenvalue weighted by Crippen LogP contribution is -2.48. The maximum absolute atomic E-state index is 12.4. The van der Waals surface area contributed by atoms with E-state index in [9.17, 15) is 4.79 Å². The average molecular weight is 346 g/mol. The zero-order valence-corrected chi connectivity index (χ0v) is 14.9. The van der Waals surface area contributed by atoms with Crippen LogP contribution in [-0.4, -0.2) is 55.5 Å². The van der Waals surface area contributed by atoms with E-state index in [1.54, 1.807) is 0 Å². The highest BCUT2D eigenvalue weighted by atomic mass is 16.7. The van der Waals surface area contributed by atoms with Gasteiger partial charge in [-0.1, -0.05) is 19.9 Å². The van der Waals surface area contributed by atoms with Crippen molar-refractivity contribution in [2.45, 2.75) is 44.9 Å². The molecule has 25 heavy (non-hydrogen) atoms. The molecule has 2 saturated heterocycles. The van der Waals surface area contributed by atoms with Crippen LogP contribution in [0.2, 0.25) is 0 Å². The van der Waals surface area contributed by atoms with Crippen LogP contribution in [0.25, 0.3) is 0 Å². The van der Waals surface area contributed by atoms with Crippen LogP contribution in [-0.2, 0) is 16.0 Å². The zero-order chi connectivity index (χ0) is 17.4.